The Morgan fingerprint density at radius 2 is 2.10 bits per heavy atom. The molecule has 0 radical (unpaired) electrons. The van der Waals surface area contributed by atoms with Crippen LogP contribution >= 0.6 is 0 Å². The lowest BCUT2D eigenvalue weighted by Gasteiger charge is -2.24. The lowest BCUT2D eigenvalue weighted by molar-refractivity contribution is 0.277. The molecule has 0 aromatic carbocycles. The number of hydrogen-bond acceptors (Lipinski definition) is 1. The Labute approximate surface area is 63.2 Å². The van der Waals surface area contributed by atoms with Crippen molar-refractivity contribution in [2.75, 3.05) is 6.54 Å². The molecule has 0 spiro atoms. The molecule has 1 aliphatic heterocycles. The summed E-state index contributed by atoms with van der Waals surface area (Å²) in [5, 5.41) is 3.61. The third-order valence-electron chi connectivity index (χ3n) is 3.34. The van der Waals surface area contributed by atoms with Gasteiger partial charge in [-0.1, -0.05) is 20.3 Å². The van der Waals surface area contributed by atoms with E-state index in [2.05, 4.69) is 19.2 Å². The van der Waals surface area contributed by atoms with E-state index in [9.17, 15) is 0 Å². The van der Waals surface area contributed by atoms with Gasteiger partial charge in [-0.05, 0) is 24.2 Å². The molecule has 2 rings (SSSR count). The Morgan fingerprint density at radius 3 is 2.80 bits per heavy atom. The molecule has 10 heavy (non-hydrogen) atoms. The fourth-order valence-electron chi connectivity index (χ4n) is 2.66. The lowest BCUT2D eigenvalue weighted by Crippen LogP contribution is -2.22. The zero-order valence-corrected chi connectivity index (χ0v) is 6.98. The van der Waals surface area contributed by atoms with Crippen LogP contribution in [-0.4, -0.2) is 12.6 Å². The predicted molar refractivity (Wildman–Crippen MR) is 42.9 cm³/mol. The molecule has 0 amide bonds. The van der Waals surface area contributed by atoms with Crippen LogP contribution in [0.4, 0.5) is 0 Å². The molecular weight excluding hydrogens is 122 g/mol. The zero-order chi connectivity index (χ0) is 7.19. The minimum Gasteiger partial charge on any atom is -0.313 e. The van der Waals surface area contributed by atoms with E-state index < -0.39 is 0 Å². The molecule has 0 aromatic heterocycles. The van der Waals surface area contributed by atoms with Crippen LogP contribution in [0.5, 0.6) is 0 Å². The molecule has 2 atom stereocenters. The Morgan fingerprint density at radius 1 is 1.30 bits per heavy atom. The number of rotatable bonds is 0. The molecule has 0 unspecified atom stereocenters. The highest BCUT2D eigenvalue weighted by atomic mass is 15.0. The van der Waals surface area contributed by atoms with Gasteiger partial charge in [0.15, 0.2) is 0 Å². The van der Waals surface area contributed by atoms with Crippen LogP contribution in [0.1, 0.15) is 33.1 Å². The molecule has 2 fully saturated rings. The zero-order valence-electron chi connectivity index (χ0n) is 6.98. The fourth-order valence-corrected chi connectivity index (χ4v) is 2.66. The molecule has 1 saturated carbocycles. The third kappa shape index (κ3) is 0.800. The minimum absolute atomic E-state index is 0.584. The second kappa shape index (κ2) is 1.97. The first-order chi connectivity index (χ1) is 4.70. The summed E-state index contributed by atoms with van der Waals surface area (Å²) in [6.45, 7) is 6.04. The second-order valence-corrected chi connectivity index (χ2v) is 4.51. The molecule has 1 aliphatic carbocycles. The maximum atomic E-state index is 3.61. The first-order valence-electron chi connectivity index (χ1n) is 4.43. The van der Waals surface area contributed by atoms with Crippen molar-refractivity contribution < 1.29 is 0 Å². The van der Waals surface area contributed by atoms with E-state index in [-0.39, 0.29) is 0 Å². The topological polar surface area (TPSA) is 12.0 Å². The summed E-state index contributed by atoms with van der Waals surface area (Å²) in [5.74, 6) is 0.979. The minimum atomic E-state index is 0.584. The number of hydrogen-bond donors (Lipinski definition) is 1. The standard InChI is InChI=1S/C9H17N/c1-9(2)6-10-8-5-3-4-7(8)9/h7-8,10H,3-6H2,1-2H3/t7-,8-/m1/s1. The summed E-state index contributed by atoms with van der Waals surface area (Å²) in [7, 11) is 0. The van der Waals surface area contributed by atoms with E-state index in [1.165, 1.54) is 25.8 Å². The van der Waals surface area contributed by atoms with E-state index in [0.29, 0.717) is 5.41 Å². The van der Waals surface area contributed by atoms with Gasteiger partial charge in [0.05, 0.1) is 0 Å². The maximum Gasteiger partial charge on any atom is 0.0101 e. The van der Waals surface area contributed by atoms with Crippen LogP contribution in [0, 0.1) is 11.3 Å². The monoisotopic (exact) mass is 139 g/mol. The molecule has 1 heterocycles. The molecule has 0 aromatic rings. The maximum absolute atomic E-state index is 3.61. The van der Waals surface area contributed by atoms with E-state index in [1.54, 1.807) is 0 Å². The van der Waals surface area contributed by atoms with Crippen LogP contribution in [-0.2, 0) is 0 Å². The fraction of sp³-hybridized carbons (Fsp3) is 1.00. The van der Waals surface area contributed by atoms with Crippen molar-refractivity contribution in [3.05, 3.63) is 0 Å². The molecular formula is C9H17N. The van der Waals surface area contributed by atoms with Crippen LogP contribution in [0.15, 0.2) is 0 Å². The SMILES string of the molecule is CC1(C)CN[C@@H]2CCC[C@H]21. The van der Waals surface area contributed by atoms with Gasteiger partial charge in [0.1, 0.15) is 0 Å². The largest absolute Gasteiger partial charge is 0.313 e. The lowest BCUT2D eigenvalue weighted by atomic mass is 9.80. The molecule has 1 saturated heterocycles. The highest BCUT2D eigenvalue weighted by Crippen LogP contribution is 2.43. The smallest absolute Gasteiger partial charge is 0.0101 e. The number of nitrogens with one attached hydrogen (secondary N) is 1. The Hall–Kier alpha value is -0.0400. The van der Waals surface area contributed by atoms with Crippen molar-refractivity contribution in [2.24, 2.45) is 11.3 Å². The molecule has 0 bridgehead atoms. The average Bonchev–Trinajstić information content (AvgIpc) is 2.36. The van der Waals surface area contributed by atoms with E-state index in [0.717, 1.165) is 12.0 Å². The van der Waals surface area contributed by atoms with Crippen molar-refractivity contribution in [1.29, 1.82) is 0 Å². The van der Waals surface area contributed by atoms with Gasteiger partial charge in [-0.2, -0.15) is 0 Å². The first kappa shape index (κ1) is 6.66. The average molecular weight is 139 g/mol. The van der Waals surface area contributed by atoms with Gasteiger partial charge in [-0.15, -0.1) is 0 Å². The van der Waals surface area contributed by atoms with Crippen molar-refractivity contribution in [3.63, 3.8) is 0 Å². The Kier molecular flexibility index (Phi) is 1.31. The van der Waals surface area contributed by atoms with Crippen molar-refractivity contribution in [2.45, 2.75) is 39.2 Å². The van der Waals surface area contributed by atoms with Gasteiger partial charge >= 0.3 is 0 Å². The quantitative estimate of drug-likeness (QED) is 0.539. The van der Waals surface area contributed by atoms with E-state index in [4.69, 9.17) is 0 Å². The van der Waals surface area contributed by atoms with Gasteiger partial charge in [-0.3, -0.25) is 0 Å². The van der Waals surface area contributed by atoms with Crippen LogP contribution < -0.4 is 5.32 Å². The summed E-state index contributed by atoms with van der Waals surface area (Å²) in [6, 6.07) is 0.870. The molecule has 1 N–H and O–H groups in total. The van der Waals surface area contributed by atoms with Crippen LogP contribution in [0.3, 0.4) is 0 Å². The van der Waals surface area contributed by atoms with Gasteiger partial charge in [0.2, 0.25) is 0 Å². The van der Waals surface area contributed by atoms with Crippen LogP contribution in [0.25, 0.3) is 0 Å². The third-order valence-corrected chi connectivity index (χ3v) is 3.34. The van der Waals surface area contributed by atoms with Gasteiger partial charge in [0, 0.05) is 12.6 Å². The van der Waals surface area contributed by atoms with Gasteiger partial charge < -0.3 is 5.32 Å². The molecule has 1 nitrogen and oxygen atoms in total. The second-order valence-electron chi connectivity index (χ2n) is 4.51. The van der Waals surface area contributed by atoms with Crippen molar-refractivity contribution in [1.82, 2.24) is 5.32 Å². The summed E-state index contributed by atoms with van der Waals surface area (Å²) in [5.41, 5.74) is 0.584. The Balaban J connectivity index is 2.16. The molecule has 1 heteroatoms. The van der Waals surface area contributed by atoms with E-state index >= 15 is 0 Å². The highest BCUT2D eigenvalue weighted by Gasteiger charge is 2.43. The van der Waals surface area contributed by atoms with Crippen LogP contribution in [0.2, 0.25) is 0 Å². The van der Waals surface area contributed by atoms with Crippen molar-refractivity contribution >= 4 is 0 Å². The normalized spacial score (nSPS) is 43.8. The molecule has 58 valence electrons. The van der Waals surface area contributed by atoms with Gasteiger partial charge in [-0.25, -0.2) is 0 Å². The summed E-state index contributed by atoms with van der Waals surface area (Å²) in [6.07, 6.45) is 4.34. The van der Waals surface area contributed by atoms with Gasteiger partial charge in [0.25, 0.3) is 0 Å². The molecule has 2 aliphatic rings. The Bertz CT molecular complexity index is 140. The highest BCUT2D eigenvalue weighted by molar-refractivity contribution is 4.99. The summed E-state index contributed by atoms with van der Waals surface area (Å²) >= 11 is 0. The first-order valence-corrected chi connectivity index (χ1v) is 4.43. The summed E-state index contributed by atoms with van der Waals surface area (Å²) < 4.78 is 0. The van der Waals surface area contributed by atoms with Crippen molar-refractivity contribution in [3.8, 4) is 0 Å². The summed E-state index contributed by atoms with van der Waals surface area (Å²) in [4.78, 5) is 0. The predicted octanol–water partition coefficient (Wildman–Crippen LogP) is 1.78. The van der Waals surface area contributed by atoms with E-state index in [1.807, 2.05) is 0 Å². The number of fused-ring (bicyclic) bond motifs is 1.